The van der Waals surface area contributed by atoms with Gasteiger partial charge >= 0.3 is 0 Å². The van der Waals surface area contributed by atoms with Gasteiger partial charge in [0.15, 0.2) is 0 Å². The molecule has 5 heteroatoms. The minimum absolute atomic E-state index is 0.0439. The number of amides is 2. The third-order valence-electron chi connectivity index (χ3n) is 7.99. The summed E-state index contributed by atoms with van der Waals surface area (Å²) < 4.78 is 0. The largest absolute Gasteiger partial charge is 0.327 e. The summed E-state index contributed by atoms with van der Waals surface area (Å²) in [7, 11) is 0. The molecule has 0 saturated carbocycles. The summed E-state index contributed by atoms with van der Waals surface area (Å²) in [5.74, 6) is 0.290. The van der Waals surface area contributed by atoms with Crippen molar-refractivity contribution in [2.75, 3.05) is 32.7 Å². The van der Waals surface area contributed by atoms with Gasteiger partial charge in [0.05, 0.1) is 0 Å². The van der Waals surface area contributed by atoms with Crippen LogP contribution in [0.3, 0.4) is 0 Å². The monoisotopic (exact) mass is 515 g/mol. The molecular formula is C34H33N3O2. The quantitative estimate of drug-likeness (QED) is 0.346. The number of rotatable bonds is 7. The second-order valence-electron chi connectivity index (χ2n) is 10.5. The van der Waals surface area contributed by atoms with Gasteiger partial charge in [-0.1, -0.05) is 115 Å². The van der Waals surface area contributed by atoms with Crippen molar-refractivity contribution in [1.29, 1.82) is 0 Å². The Morgan fingerprint density at radius 2 is 1.23 bits per heavy atom. The SMILES string of the molecule is O=C1C2CN(CC(c3ccccc3)c3ccccc3)CCN2C(=O)CN1Cc1ccc(-c2ccccc2)cc1. The maximum atomic E-state index is 13.7. The van der Waals surface area contributed by atoms with E-state index in [0.717, 1.165) is 29.8 Å². The van der Waals surface area contributed by atoms with Crippen LogP contribution in [0.25, 0.3) is 11.1 Å². The van der Waals surface area contributed by atoms with Gasteiger partial charge in [-0.05, 0) is 27.8 Å². The molecule has 0 aliphatic carbocycles. The van der Waals surface area contributed by atoms with Crippen LogP contribution in [0.5, 0.6) is 0 Å². The highest BCUT2D eigenvalue weighted by atomic mass is 16.2. The van der Waals surface area contributed by atoms with E-state index in [1.54, 1.807) is 9.80 Å². The summed E-state index contributed by atoms with van der Waals surface area (Å²) in [5.41, 5.74) is 5.86. The minimum atomic E-state index is -0.434. The molecule has 2 saturated heterocycles. The number of piperazine rings is 2. The molecule has 0 radical (unpaired) electrons. The fourth-order valence-electron chi connectivity index (χ4n) is 5.88. The first-order chi connectivity index (χ1) is 19.2. The molecule has 2 aliphatic heterocycles. The number of fused-ring (bicyclic) bond motifs is 1. The molecule has 6 rings (SSSR count). The predicted molar refractivity (Wildman–Crippen MR) is 154 cm³/mol. The Labute approximate surface area is 230 Å². The zero-order chi connectivity index (χ0) is 26.6. The van der Waals surface area contributed by atoms with Crippen LogP contribution in [0.2, 0.25) is 0 Å². The lowest BCUT2D eigenvalue weighted by Crippen LogP contribution is -2.66. The van der Waals surface area contributed by atoms with Crippen LogP contribution < -0.4 is 0 Å². The number of hydrogen-bond acceptors (Lipinski definition) is 3. The van der Waals surface area contributed by atoms with Crippen molar-refractivity contribution in [2.24, 2.45) is 0 Å². The Bertz CT molecular complexity index is 1370. The van der Waals surface area contributed by atoms with Crippen molar-refractivity contribution in [3.8, 4) is 11.1 Å². The summed E-state index contributed by atoms with van der Waals surface area (Å²) in [4.78, 5) is 32.7. The van der Waals surface area contributed by atoms with E-state index in [0.29, 0.717) is 19.6 Å². The number of nitrogens with zero attached hydrogens (tertiary/aromatic N) is 3. The lowest BCUT2D eigenvalue weighted by atomic mass is 9.90. The Morgan fingerprint density at radius 3 is 1.85 bits per heavy atom. The number of carbonyl (C=O) groups excluding carboxylic acids is 2. The van der Waals surface area contributed by atoms with Crippen LogP contribution in [0, 0.1) is 0 Å². The fourth-order valence-corrected chi connectivity index (χ4v) is 5.88. The molecule has 5 nitrogen and oxygen atoms in total. The third-order valence-corrected chi connectivity index (χ3v) is 7.99. The number of carbonyl (C=O) groups is 2. The summed E-state index contributed by atoms with van der Waals surface area (Å²) >= 11 is 0. The molecule has 0 aromatic heterocycles. The van der Waals surface area contributed by atoms with Gasteiger partial charge in [-0.25, -0.2) is 0 Å². The molecule has 2 heterocycles. The van der Waals surface area contributed by atoms with Crippen molar-refractivity contribution < 1.29 is 9.59 Å². The first-order valence-electron chi connectivity index (χ1n) is 13.7. The average Bonchev–Trinajstić information content (AvgIpc) is 3.00. The molecular weight excluding hydrogens is 482 g/mol. The summed E-state index contributed by atoms with van der Waals surface area (Å²) in [5, 5.41) is 0. The van der Waals surface area contributed by atoms with Gasteiger partial charge in [0, 0.05) is 38.6 Å². The lowest BCUT2D eigenvalue weighted by Gasteiger charge is -2.46. The summed E-state index contributed by atoms with van der Waals surface area (Å²) in [6.45, 7) is 3.32. The van der Waals surface area contributed by atoms with Crippen LogP contribution in [0.4, 0.5) is 0 Å². The normalized spacial score (nSPS) is 17.9. The Balaban J connectivity index is 1.16. The second kappa shape index (κ2) is 11.3. The molecule has 2 aliphatic rings. The fraction of sp³-hybridized carbons (Fsp3) is 0.235. The van der Waals surface area contributed by atoms with E-state index >= 15 is 0 Å². The molecule has 39 heavy (non-hydrogen) atoms. The van der Waals surface area contributed by atoms with Crippen LogP contribution in [-0.4, -0.2) is 65.3 Å². The average molecular weight is 516 g/mol. The van der Waals surface area contributed by atoms with Gasteiger partial charge in [0.2, 0.25) is 11.8 Å². The van der Waals surface area contributed by atoms with Crippen molar-refractivity contribution in [2.45, 2.75) is 18.5 Å². The van der Waals surface area contributed by atoms with Gasteiger partial charge < -0.3 is 9.80 Å². The summed E-state index contributed by atoms with van der Waals surface area (Å²) in [6, 6.07) is 39.2. The van der Waals surface area contributed by atoms with E-state index in [9.17, 15) is 9.59 Å². The molecule has 4 aromatic carbocycles. The van der Waals surface area contributed by atoms with E-state index in [1.165, 1.54) is 11.1 Å². The smallest absolute Gasteiger partial charge is 0.247 e. The zero-order valence-corrected chi connectivity index (χ0v) is 22.0. The van der Waals surface area contributed by atoms with E-state index in [4.69, 9.17) is 0 Å². The van der Waals surface area contributed by atoms with E-state index in [2.05, 4.69) is 89.8 Å². The van der Waals surface area contributed by atoms with Crippen LogP contribution in [-0.2, 0) is 16.1 Å². The highest BCUT2D eigenvalue weighted by Crippen LogP contribution is 2.28. The minimum Gasteiger partial charge on any atom is -0.327 e. The van der Waals surface area contributed by atoms with Crippen molar-refractivity contribution in [1.82, 2.24) is 14.7 Å². The van der Waals surface area contributed by atoms with E-state index < -0.39 is 6.04 Å². The van der Waals surface area contributed by atoms with Crippen molar-refractivity contribution in [3.05, 3.63) is 132 Å². The molecule has 1 atom stereocenters. The molecule has 1 unspecified atom stereocenters. The number of hydrogen-bond donors (Lipinski definition) is 0. The maximum Gasteiger partial charge on any atom is 0.247 e. The molecule has 2 amide bonds. The Morgan fingerprint density at radius 1 is 0.667 bits per heavy atom. The number of benzene rings is 4. The van der Waals surface area contributed by atoms with Gasteiger partial charge in [0.25, 0.3) is 0 Å². The Hall–Kier alpha value is -4.22. The second-order valence-corrected chi connectivity index (χ2v) is 10.5. The maximum absolute atomic E-state index is 13.7. The highest BCUT2D eigenvalue weighted by Gasteiger charge is 2.42. The van der Waals surface area contributed by atoms with Gasteiger partial charge in [-0.3, -0.25) is 14.5 Å². The molecule has 0 spiro atoms. The molecule has 0 N–H and O–H groups in total. The first-order valence-corrected chi connectivity index (χ1v) is 13.7. The first kappa shape index (κ1) is 25.1. The van der Waals surface area contributed by atoms with Crippen molar-refractivity contribution in [3.63, 3.8) is 0 Å². The third kappa shape index (κ3) is 5.50. The molecule has 196 valence electrons. The topological polar surface area (TPSA) is 43.9 Å². The summed E-state index contributed by atoms with van der Waals surface area (Å²) in [6.07, 6.45) is 0. The Kier molecular flexibility index (Phi) is 7.24. The van der Waals surface area contributed by atoms with Crippen molar-refractivity contribution >= 4 is 11.8 Å². The van der Waals surface area contributed by atoms with E-state index in [1.807, 2.05) is 30.3 Å². The van der Waals surface area contributed by atoms with Crippen LogP contribution in [0.15, 0.2) is 115 Å². The lowest BCUT2D eigenvalue weighted by molar-refractivity contribution is -0.160. The van der Waals surface area contributed by atoms with Gasteiger partial charge in [-0.2, -0.15) is 0 Å². The highest BCUT2D eigenvalue weighted by molar-refractivity contribution is 5.95. The van der Waals surface area contributed by atoms with Gasteiger partial charge in [-0.15, -0.1) is 0 Å². The molecule has 4 aromatic rings. The molecule has 0 bridgehead atoms. The molecule has 2 fully saturated rings. The van der Waals surface area contributed by atoms with Crippen LogP contribution in [0.1, 0.15) is 22.6 Å². The predicted octanol–water partition coefficient (Wildman–Crippen LogP) is 5.04. The van der Waals surface area contributed by atoms with Gasteiger partial charge in [0.1, 0.15) is 12.6 Å². The standard InChI is InChI=1S/C34H33N3O2/c38-33-25-36(22-26-16-18-28(19-17-26)27-10-4-1-5-11-27)34(39)32-24-35(20-21-37(32)33)23-31(29-12-6-2-7-13-29)30-14-8-3-9-15-30/h1-19,31-32H,20-25H2. The van der Waals surface area contributed by atoms with E-state index in [-0.39, 0.29) is 24.3 Å². The zero-order valence-electron chi connectivity index (χ0n) is 22.0. The van der Waals surface area contributed by atoms with Crippen LogP contribution >= 0.6 is 0 Å².